The molecule has 0 unspecified atom stereocenters. The van der Waals surface area contributed by atoms with Crippen molar-refractivity contribution in [2.75, 3.05) is 26.2 Å². The SMILES string of the molecule is O=C(CCc1cccnc1)N1C[C@H]2CN(Cc3ccncc3)C[C@H]2C1. The number of rotatable bonds is 5. The molecule has 2 atom stereocenters. The number of hydrogen-bond donors (Lipinski definition) is 0. The molecule has 5 heteroatoms. The van der Waals surface area contributed by atoms with E-state index in [1.807, 2.05) is 30.7 Å². The summed E-state index contributed by atoms with van der Waals surface area (Å²) in [5, 5.41) is 0. The van der Waals surface area contributed by atoms with Gasteiger partial charge in [0.25, 0.3) is 0 Å². The van der Waals surface area contributed by atoms with Crippen molar-refractivity contribution < 1.29 is 4.79 Å². The molecular formula is C20H24N4O. The molecule has 5 nitrogen and oxygen atoms in total. The molecular weight excluding hydrogens is 312 g/mol. The second-order valence-electron chi connectivity index (χ2n) is 7.23. The first-order valence-electron chi connectivity index (χ1n) is 9.06. The van der Waals surface area contributed by atoms with E-state index in [0.29, 0.717) is 24.2 Å². The first kappa shape index (κ1) is 16.2. The second-order valence-corrected chi connectivity index (χ2v) is 7.23. The summed E-state index contributed by atoms with van der Waals surface area (Å²) < 4.78 is 0. The van der Waals surface area contributed by atoms with Crippen LogP contribution in [-0.2, 0) is 17.8 Å². The zero-order chi connectivity index (χ0) is 17.1. The lowest BCUT2D eigenvalue weighted by atomic mass is 10.0. The third-order valence-corrected chi connectivity index (χ3v) is 5.42. The maximum atomic E-state index is 12.5. The van der Waals surface area contributed by atoms with Crippen LogP contribution in [0.3, 0.4) is 0 Å². The van der Waals surface area contributed by atoms with E-state index in [0.717, 1.165) is 44.7 Å². The summed E-state index contributed by atoms with van der Waals surface area (Å²) in [5.74, 6) is 1.55. The van der Waals surface area contributed by atoms with Gasteiger partial charge < -0.3 is 4.90 Å². The summed E-state index contributed by atoms with van der Waals surface area (Å²) in [6.07, 6.45) is 8.70. The number of amides is 1. The Morgan fingerprint density at radius 1 is 0.960 bits per heavy atom. The van der Waals surface area contributed by atoms with E-state index < -0.39 is 0 Å². The topological polar surface area (TPSA) is 49.3 Å². The molecule has 2 fully saturated rings. The van der Waals surface area contributed by atoms with Crippen LogP contribution in [0.15, 0.2) is 49.1 Å². The Morgan fingerprint density at radius 2 is 1.72 bits per heavy atom. The molecule has 2 aliphatic rings. The van der Waals surface area contributed by atoms with Gasteiger partial charge in [-0.3, -0.25) is 19.7 Å². The maximum absolute atomic E-state index is 12.5. The van der Waals surface area contributed by atoms with E-state index in [1.165, 1.54) is 5.56 Å². The summed E-state index contributed by atoms with van der Waals surface area (Å²) >= 11 is 0. The molecule has 4 rings (SSSR count). The molecule has 0 aromatic carbocycles. The van der Waals surface area contributed by atoms with Gasteiger partial charge in [-0.2, -0.15) is 0 Å². The lowest BCUT2D eigenvalue weighted by Gasteiger charge is -2.21. The van der Waals surface area contributed by atoms with E-state index in [2.05, 4.69) is 31.9 Å². The maximum Gasteiger partial charge on any atom is 0.222 e. The zero-order valence-electron chi connectivity index (χ0n) is 14.4. The van der Waals surface area contributed by atoms with Gasteiger partial charge in [0, 0.05) is 63.9 Å². The quantitative estimate of drug-likeness (QED) is 0.838. The fourth-order valence-electron chi connectivity index (χ4n) is 4.12. The minimum atomic E-state index is 0.291. The lowest BCUT2D eigenvalue weighted by molar-refractivity contribution is -0.130. The minimum absolute atomic E-state index is 0.291. The van der Waals surface area contributed by atoms with Crippen LogP contribution in [0.1, 0.15) is 17.5 Å². The van der Waals surface area contributed by atoms with Gasteiger partial charge in [-0.15, -0.1) is 0 Å². The number of aryl methyl sites for hydroxylation is 1. The van der Waals surface area contributed by atoms with Gasteiger partial charge in [-0.1, -0.05) is 6.07 Å². The van der Waals surface area contributed by atoms with Crippen LogP contribution in [0.5, 0.6) is 0 Å². The largest absolute Gasteiger partial charge is 0.342 e. The monoisotopic (exact) mass is 336 g/mol. The third kappa shape index (κ3) is 3.87. The highest BCUT2D eigenvalue weighted by atomic mass is 16.2. The molecule has 25 heavy (non-hydrogen) atoms. The molecule has 1 amide bonds. The lowest BCUT2D eigenvalue weighted by Crippen LogP contribution is -2.33. The van der Waals surface area contributed by atoms with E-state index >= 15 is 0 Å². The Balaban J connectivity index is 1.25. The number of aromatic nitrogens is 2. The van der Waals surface area contributed by atoms with Crippen molar-refractivity contribution in [2.24, 2.45) is 11.8 Å². The Morgan fingerprint density at radius 3 is 2.40 bits per heavy atom. The third-order valence-electron chi connectivity index (χ3n) is 5.42. The standard InChI is InChI=1S/C20H24N4O/c25-20(4-3-16-2-1-7-22-10-16)24-14-18-12-23(13-19(18)15-24)11-17-5-8-21-9-6-17/h1-2,5-10,18-19H,3-4,11-15H2/t18-,19+. The average molecular weight is 336 g/mol. The summed E-state index contributed by atoms with van der Waals surface area (Å²) in [5.41, 5.74) is 2.46. The predicted molar refractivity (Wildman–Crippen MR) is 95.6 cm³/mol. The van der Waals surface area contributed by atoms with E-state index in [9.17, 15) is 4.79 Å². The van der Waals surface area contributed by atoms with Crippen molar-refractivity contribution in [1.29, 1.82) is 0 Å². The number of nitrogens with zero attached hydrogens (tertiary/aromatic N) is 4. The zero-order valence-corrected chi connectivity index (χ0v) is 14.4. The van der Waals surface area contributed by atoms with Crippen molar-refractivity contribution >= 4 is 5.91 Å². The predicted octanol–water partition coefficient (Wildman–Crippen LogP) is 2.00. The summed E-state index contributed by atoms with van der Waals surface area (Å²) in [4.78, 5) is 25.3. The van der Waals surface area contributed by atoms with Crippen molar-refractivity contribution in [2.45, 2.75) is 19.4 Å². The summed E-state index contributed by atoms with van der Waals surface area (Å²) in [6.45, 7) is 5.02. The highest BCUT2D eigenvalue weighted by molar-refractivity contribution is 5.76. The van der Waals surface area contributed by atoms with Crippen LogP contribution in [-0.4, -0.2) is 51.9 Å². The van der Waals surface area contributed by atoms with E-state index in [4.69, 9.17) is 0 Å². The Kier molecular flexibility index (Phi) is 4.74. The van der Waals surface area contributed by atoms with Crippen LogP contribution in [0.2, 0.25) is 0 Å². The smallest absolute Gasteiger partial charge is 0.222 e. The van der Waals surface area contributed by atoms with E-state index in [1.54, 1.807) is 6.20 Å². The molecule has 2 saturated heterocycles. The molecule has 0 bridgehead atoms. The molecule has 0 aliphatic carbocycles. The summed E-state index contributed by atoms with van der Waals surface area (Å²) in [7, 11) is 0. The van der Waals surface area contributed by atoms with Gasteiger partial charge in [0.1, 0.15) is 0 Å². The average Bonchev–Trinajstić information content (AvgIpc) is 3.20. The van der Waals surface area contributed by atoms with Gasteiger partial charge in [0.15, 0.2) is 0 Å². The molecule has 4 heterocycles. The van der Waals surface area contributed by atoms with Crippen LogP contribution in [0.25, 0.3) is 0 Å². The molecule has 0 saturated carbocycles. The minimum Gasteiger partial charge on any atom is -0.342 e. The van der Waals surface area contributed by atoms with Gasteiger partial charge in [-0.25, -0.2) is 0 Å². The molecule has 2 aromatic heterocycles. The second kappa shape index (κ2) is 7.31. The van der Waals surface area contributed by atoms with Crippen LogP contribution in [0.4, 0.5) is 0 Å². The molecule has 2 aromatic rings. The highest BCUT2D eigenvalue weighted by Gasteiger charge is 2.41. The van der Waals surface area contributed by atoms with Crippen molar-refractivity contribution in [3.63, 3.8) is 0 Å². The number of hydrogen-bond acceptors (Lipinski definition) is 4. The Hall–Kier alpha value is -2.27. The molecule has 0 spiro atoms. The molecule has 2 aliphatic heterocycles. The van der Waals surface area contributed by atoms with Crippen LogP contribution >= 0.6 is 0 Å². The molecule has 0 radical (unpaired) electrons. The Bertz CT molecular complexity index is 692. The fraction of sp³-hybridized carbons (Fsp3) is 0.450. The molecule has 130 valence electrons. The molecule has 0 N–H and O–H groups in total. The first-order chi connectivity index (χ1) is 12.3. The van der Waals surface area contributed by atoms with Crippen molar-refractivity contribution in [1.82, 2.24) is 19.8 Å². The number of pyridine rings is 2. The highest BCUT2D eigenvalue weighted by Crippen LogP contribution is 2.32. The van der Waals surface area contributed by atoms with Gasteiger partial charge >= 0.3 is 0 Å². The van der Waals surface area contributed by atoms with Gasteiger partial charge in [0.05, 0.1) is 0 Å². The van der Waals surface area contributed by atoms with E-state index in [-0.39, 0.29) is 0 Å². The van der Waals surface area contributed by atoms with Gasteiger partial charge in [0.2, 0.25) is 5.91 Å². The first-order valence-corrected chi connectivity index (χ1v) is 9.06. The van der Waals surface area contributed by atoms with Crippen LogP contribution in [0, 0.1) is 11.8 Å². The number of carbonyl (C=O) groups excluding carboxylic acids is 1. The number of fused-ring (bicyclic) bond motifs is 1. The summed E-state index contributed by atoms with van der Waals surface area (Å²) in [6, 6.07) is 8.14. The van der Waals surface area contributed by atoms with Crippen molar-refractivity contribution in [3.05, 3.63) is 60.2 Å². The number of likely N-dealkylation sites (tertiary alicyclic amines) is 2. The van der Waals surface area contributed by atoms with Crippen molar-refractivity contribution in [3.8, 4) is 0 Å². The van der Waals surface area contributed by atoms with Crippen LogP contribution < -0.4 is 0 Å². The fourth-order valence-corrected chi connectivity index (χ4v) is 4.12. The normalized spacial score (nSPS) is 23.0. The Labute approximate surface area is 148 Å². The van der Waals surface area contributed by atoms with Gasteiger partial charge in [-0.05, 0) is 47.6 Å². The number of carbonyl (C=O) groups is 1.